The molecule has 0 saturated heterocycles. The third-order valence-corrected chi connectivity index (χ3v) is 13.9. The summed E-state index contributed by atoms with van der Waals surface area (Å²) in [6.45, 7) is 21.0. The number of hydrogen-bond donors (Lipinski definition) is 1. The van der Waals surface area contributed by atoms with Crippen molar-refractivity contribution < 1.29 is 18.8 Å². The molecule has 2 amide bonds. The van der Waals surface area contributed by atoms with Gasteiger partial charge in [-0.25, -0.2) is 19.7 Å². The molecule has 246 valence electrons. The number of benzene rings is 1. The van der Waals surface area contributed by atoms with E-state index in [-0.39, 0.29) is 10.9 Å². The van der Waals surface area contributed by atoms with Gasteiger partial charge in [0.1, 0.15) is 16.5 Å². The van der Waals surface area contributed by atoms with Gasteiger partial charge in [0.25, 0.3) is 5.91 Å². The molecule has 4 rings (SSSR count). The summed E-state index contributed by atoms with van der Waals surface area (Å²) in [5.74, 6) is 0.175. The number of aromatic nitrogens is 3. The number of hydrogen-bond acceptors (Lipinski definition) is 10. The highest BCUT2D eigenvalue weighted by atomic mass is 32.1. The SMILES string of the molecule is Cc1nc(Nc2nccc(-c3cc(C#N)c4c(c3)[C@@](C)(CO[Si](C)(C)C(C)(C)C)CN4C(=O)OC(C)(C)C)n2)sc1C(=O)N(C)C. The normalized spacial score (nSPS) is 16.5. The lowest BCUT2D eigenvalue weighted by molar-refractivity contribution is 0.0575. The van der Waals surface area contributed by atoms with Gasteiger partial charge in [0.05, 0.1) is 22.6 Å². The number of amides is 2. The smallest absolute Gasteiger partial charge is 0.414 e. The van der Waals surface area contributed by atoms with Gasteiger partial charge in [0.2, 0.25) is 5.95 Å². The summed E-state index contributed by atoms with van der Waals surface area (Å²) in [6.07, 6.45) is 1.12. The van der Waals surface area contributed by atoms with Crippen molar-refractivity contribution in [3.05, 3.63) is 46.1 Å². The Labute approximate surface area is 277 Å². The molecule has 13 heteroatoms. The molecule has 0 radical (unpaired) electrons. The Balaban J connectivity index is 1.77. The molecule has 3 aromatic rings. The van der Waals surface area contributed by atoms with Crippen LogP contribution in [0.1, 0.15) is 75.0 Å². The molecule has 0 spiro atoms. The lowest BCUT2D eigenvalue weighted by Crippen LogP contribution is -2.46. The minimum absolute atomic E-state index is 0.00382. The molecule has 2 aromatic heterocycles. The van der Waals surface area contributed by atoms with Gasteiger partial charge < -0.3 is 19.4 Å². The van der Waals surface area contributed by atoms with Gasteiger partial charge in [-0.15, -0.1) is 0 Å². The van der Waals surface area contributed by atoms with E-state index < -0.39 is 25.4 Å². The van der Waals surface area contributed by atoms with Crippen LogP contribution in [0.2, 0.25) is 18.1 Å². The summed E-state index contributed by atoms with van der Waals surface area (Å²) in [7, 11) is 1.25. The number of nitrogens with zero attached hydrogens (tertiary/aromatic N) is 6. The Morgan fingerprint density at radius 3 is 2.43 bits per heavy atom. The summed E-state index contributed by atoms with van der Waals surface area (Å²) < 4.78 is 12.5. The highest BCUT2D eigenvalue weighted by Crippen LogP contribution is 2.47. The monoisotopic (exact) mass is 663 g/mol. The fourth-order valence-electron chi connectivity index (χ4n) is 4.81. The second-order valence-corrected chi connectivity index (χ2v) is 20.5. The molecule has 0 saturated carbocycles. The van der Waals surface area contributed by atoms with Crippen molar-refractivity contribution in [3.8, 4) is 17.3 Å². The zero-order chi connectivity index (χ0) is 34.4. The number of carbonyl (C=O) groups excluding carboxylic acids is 2. The van der Waals surface area contributed by atoms with E-state index in [4.69, 9.17) is 14.1 Å². The van der Waals surface area contributed by atoms with Crippen LogP contribution in [-0.4, -0.2) is 73.0 Å². The Hall–Kier alpha value is -3.86. The first-order chi connectivity index (χ1) is 21.2. The Kier molecular flexibility index (Phi) is 9.43. The summed E-state index contributed by atoms with van der Waals surface area (Å²) in [5, 5.41) is 14.0. The Bertz CT molecular complexity index is 1700. The van der Waals surface area contributed by atoms with Crippen LogP contribution in [-0.2, 0) is 14.6 Å². The average molecular weight is 664 g/mol. The molecule has 1 aliphatic heterocycles. The molecule has 0 unspecified atom stereocenters. The Morgan fingerprint density at radius 1 is 1.17 bits per heavy atom. The highest BCUT2D eigenvalue weighted by molar-refractivity contribution is 7.17. The summed E-state index contributed by atoms with van der Waals surface area (Å²) >= 11 is 1.23. The first kappa shape index (κ1) is 35.0. The molecule has 0 fully saturated rings. The van der Waals surface area contributed by atoms with Crippen molar-refractivity contribution in [2.24, 2.45) is 0 Å². The molecular weight excluding hydrogens is 619 g/mol. The van der Waals surface area contributed by atoms with Crippen LogP contribution in [0.4, 0.5) is 21.6 Å². The molecule has 1 aliphatic rings. The number of rotatable bonds is 7. The molecule has 1 N–H and O–H groups in total. The zero-order valence-electron chi connectivity index (χ0n) is 28.9. The minimum Gasteiger partial charge on any atom is -0.443 e. The molecule has 46 heavy (non-hydrogen) atoms. The fourth-order valence-corrected chi connectivity index (χ4v) is 6.90. The van der Waals surface area contributed by atoms with Gasteiger partial charge in [-0.2, -0.15) is 5.26 Å². The minimum atomic E-state index is -2.15. The second-order valence-electron chi connectivity index (χ2n) is 14.7. The topological polar surface area (TPSA) is 134 Å². The predicted molar refractivity (Wildman–Crippen MR) is 184 cm³/mol. The molecule has 3 heterocycles. The number of carbonyl (C=O) groups is 2. The average Bonchev–Trinajstić information content (AvgIpc) is 3.46. The van der Waals surface area contributed by atoms with Gasteiger partial charge >= 0.3 is 6.09 Å². The Morgan fingerprint density at radius 2 is 1.85 bits per heavy atom. The van der Waals surface area contributed by atoms with Crippen LogP contribution in [0, 0.1) is 18.3 Å². The number of fused-ring (bicyclic) bond motifs is 1. The summed E-state index contributed by atoms with van der Waals surface area (Å²) in [6, 6.07) is 7.82. The van der Waals surface area contributed by atoms with Crippen LogP contribution in [0.15, 0.2) is 24.4 Å². The number of anilines is 3. The maximum atomic E-state index is 13.5. The van der Waals surface area contributed by atoms with Gasteiger partial charge in [-0.3, -0.25) is 9.69 Å². The molecule has 0 bridgehead atoms. The summed E-state index contributed by atoms with van der Waals surface area (Å²) in [5.41, 5.74) is 2.26. The van der Waals surface area contributed by atoms with Crippen LogP contribution < -0.4 is 10.2 Å². The predicted octanol–water partition coefficient (Wildman–Crippen LogP) is 7.26. The molecular formula is C33H45N7O4SSi. The number of ether oxygens (including phenoxy) is 1. The highest BCUT2D eigenvalue weighted by Gasteiger charge is 2.47. The quantitative estimate of drug-likeness (QED) is 0.259. The van der Waals surface area contributed by atoms with E-state index in [9.17, 15) is 14.9 Å². The van der Waals surface area contributed by atoms with Crippen molar-refractivity contribution in [2.45, 2.75) is 84.5 Å². The van der Waals surface area contributed by atoms with Crippen LogP contribution in [0.3, 0.4) is 0 Å². The second kappa shape index (κ2) is 12.4. The number of nitriles is 1. The van der Waals surface area contributed by atoms with Crippen LogP contribution >= 0.6 is 11.3 Å². The third-order valence-electron chi connectivity index (χ3n) is 8.40. The standard InChI is InChI=1S/C33H45N7O4SSi/c1-20-26(27(41)39(9)10)45-29(36-20)38-28-35-14-13-24(37-28)21-15-22(17-34)25-23(16-21)33(8,19-43-46(11,12)32(5,6)7)18-40(25)30(42)44-31(2,3)4/h13-16H,18-19H2,1-12H3,(H,35,36,37,38)/t33-/m1/s1. The van der Waals surface area contributed by atoms with Crippen molar-refractivity contribution in [1.82, 2.24) is 19.9 Å². The van der Waals surface area contributed by atoms with Gasteiger partial charge in [-0.1, -0.05) is 39.0 Å². The molecule has 1 aromatic carbocycles. The van der Waals surface area contributed by atoms with Gasteiger partial charge in [-0.05, 0) is 69.6 Å². The van der Waals surface area contributed by atoms with Crippen LogP contribution in [0.5, 0.6) is 0 Å². The zero-order valence-corrected chi connectivity index (χ0v) is 30.8. The van der Waals surface area contributed by atoms with Crippen LogP contribution in [0.25, 0.3) is 11.3 Å². The van der Waals surface area contributed by atoms with Gasteiger partial charge in [0, 0.05) is 44.4 Å². The largest absolute Gasteiger partial charge is 0.443 e. The van der Waals surface area contributed by atoms with Crippen molar-refractivity contribution >= 4 is 48.4 Å². The number of aryl methyl sites for hydroxylation is 1. The first-order valence-corrected chi connectivity index (χ1v) is 18.9. The fraction of sp³-hybridized carbons (Fsp3) is 0.515. The van der Waals surface area contributed by atoms with Crippen molar-refractivity contribution in [1.29, 1.82) is 5.26 Å². The van der Waals surface area contributed by atoms with E-state index in [2.05, 4.69) is 62.1 Å². The molecule has 1 atom stereocenters. The van der Waals surface area contributed by atoms with Crippen molar-refractivity contribution in [2.75, 3.05) is 37.5 Å². The van der Waals surface area contributed by atoms with Gasteiger partial charge in [0.15, 0.2) is 13.4 Å². The molecule has 11 nitrogen and oxygen atoms in total. The maximum Gasteiger partial charge on any atom is 0.414 e. The number of nitrogens with one attached hydrogen (secondary N) is 1. The van der Waals surface area contributed by atoms with E-state index in [1.54, 1.807) is 44.2 Å². The lowest BCUT2D eigenvalue weighted by Gasteiger charge is -2.39. The third kappa shape index (κ3) is 7.24. The van der Waals surface area contributed by atoms with E-state index in [1.807, 2.05) is 26.8 Å². The molecule has 0 aliphatic carbocycles. The van der Waals surface area contributed by atoms with E-state index in [0.29, 0.717) is 57.3 Å². The maximum absolute atomic E-state index is 13.5. The summed E-state index contributed by atoms with van der Waals surface area (Å²) in [4.78, 5) is 43.3. The lowest BCUT2D eigenvalue weighted by atomic mass is 9.83. The van der Waals surface area contributed by atoms with E-state index in [1.165, 1.54) is 16.2 Å². The number of thiazole rings is 1. The van der Waals surface area contributed by atoms with E-state index in [0.717, 1.165) is 5.56 Å². The first-order valence-electron chi connectivity index (χ1n) is 15.2. The van der Waals surface area contributed by atoms with Crippen molar-refractivity contribution in [3.63, 3.8) is 0 Å². The van der Waals surface area contributed by atoms with E-state index >= 15 is 0 Å².